The smallest absolute Gasteiger partial charge is 0.119 e. The van der Waals surface area contributed by atoms with Gasteiger partial charge in [0.2, 0.25) is 0 Å². The molecule has 0 radical (unpaired) electrons. The van der Waals surface area contributed by atoms with Crippen LogP contribution in [0.5, 0.6) is 0 Å². The second-order valence-electron chi connectivity index (χ2n) is 2.65. The molecule has 0 atom stereocenters. The summed E-state index contributed by atoms with van der Waals surface area (Å²) < 4.78 is 0. The first kappa shape index (κ1) is 6.80. The molecule has 0 aromatic rings. The molecular weight excluding hydrogens is 152 g/mol. The second kappa shape index (κ2) is 2.31. The third-order valence-electron chi connectivity index (χ3n) is 1.94. The Morgan fingerprint density at radius 1 is 1.50 bits per heavy atom. The molecule has 0 spiro atoms. The molecular formula is C8H8N4. The highest BCUT2D eigenvalue weighted by Crippen LogP contribution is 2.24. The van der Waals surface area contributed by atoms with E-state index >= 15 is 0 Å². The first-order valence-corrected chi connectivity index (χ1v) is 3.62. The number of nitrogens with one attached hydrogen (secondary N) is 2. The van der Waals surface area contributed by atoms with E-state index in [0.29, 0.717) is 11.4 Å². The molecule has 4 heteroatoms. The van der Waals surface area contributed by atoms with E-state index in [9.17, 15) is 0 Å². The molecule has 0 aromatic heterocycles. The summed E-state index contributed by atoms with van der Waals surface area (Å²) >= 11 is 0. The number of nitrogens with two attached hydrogens (primary N) is 1. The molecule has 0 saturated carbocycles. The van der Waals surface area contributed by atoms with Gasteiger partial charge in [-0.2, -0.15) is 5.26 Å². The number of hydrogen-bond donors (Lipinski definition) is 3. The van der Waals surface area contributed by atoms with E-state index in [4.69, 9.17) is 11.0 Å². The maximum absolute atomic E-state index is 8.78. The van der Waals surface area contributed by atoms with Gasteiger partial charge >= 0.3 is 0 Å². The van der Waals surface area contributed by atoms with Gasteiger partial charge in [-0.15, -0.1) is 0 Å². The monoisotopic (exact) mass is 160 g/mol. The summed E-state index contributed by atoms with van der Waals surface area (Å²) in [7, 11) is 0. The van der Waals surface area contributed by atoms with Crippen LogP contribution in [0.3, 0.4) is 0 Å². The normalized spacial score (nSPS) is 19.9. The zero-order valence-electron chi connectivity index (χ0n) is 6.39. The van der Waals surface area contributed by atoms with Crippen molar-refractivity contribution in [3.05, 3.63) is 34.9 Å². The predicted molar refractivity (Wildman–Crippen MR) is 44.1 cm³/mol. The number of hydrogen-bond acceptors (Lipinski definition) is 4. The van der Waals surface area contributed by atoms with E-state index in [1.807, 2.05) is 12.4 Å². The lowest BCUT2D eigenvalue weighted by Crippen LogP contribution is -2.22. The maximum atomic E-state index is 8.78. The Balaban J connectivity index is 2.49. The number of nitrogens with zero attached hydrogens (tertiary/aromatic N) is 1. The van der Waals surface area contributed by atoms with Gasteiger partial charge in [-0.3, -0.25) is 0 Å². The van der Waals surface area contributed by atoms with Crippen LogP contribution in [-0.2, 0) is 0 Å². The van der Waals surface area contributed by atoms with E-state index in [-0.39, 0.29) is 0 Å². The van der Waals surface area contributed by atoms with Crippen molar-refractivity contribution in [2.45, 2.75) is 0 Å². The number of nitriles is 1. The maximum Gasteiger partial charge on any atom is 0.119 e. The number of dihydropyridines is 1. The molecule has 0 aliphatic carbocycles. The minimum absolute atomic E-state index is 0.427. The fraction of sp³-hybridized carbons (Fsp3) is 0.125. The molecule has 0 unspecified atom stereocenters. The van der Waals surface area contributed by atoms with Crippen LogP contribution >= 0.6 is 0 Å². The van der Waals surface area contributed by atoms with Crippen LogP contribution in [0.2, 0.25) is 0 Å². The highest BCUT2D eigenvalue weighted by atomic mass is 15.0. The van der Waals surface area contributed by atoms with Crippen LogP contribution in [0.15, 0.2) is 34.9 Å². The van der Waals surface area contributed by atoms with Crippen LogP contribution in [0, 0.1) is 11.3 Å². The Labute approximate surface area is 70.0 Å². The summed E-state index contributed by atoms with van der Waals surface area (Å²) in [4.78, 5) is 0. The molecule has 2 aliphatic heterocycles. The molecule has 0 saturated heterocycles. The largest absolute Gasteiger partial charge is 0.386 e. The van der Waals surface area contributed by atoms with Gasteiger partial charge in [-0.1, -0.05) is 0 Å². The molecule has 60 valence electrons. The van der Waals surface area contributed by atoms with Crippen LogP contribution in [0.25, 0.3) is 0 Å². The van der Waals surface area contributed by atoms with Crippen molar-refractivity contribution in [1.82, 2.24) is 10.6 Å². The molecule has 0 fully saturated rings. The van der Waals surface area contributed by atoms with Crippen LogP contribution in [0.1, 0.15) is 0 Å². The molecule has 0 aromatic carbocycles. The lowest BCUT2D eigenvalue weighted by Gasteiger charge is -2.13. The zero-order valence-corrected chi connectivity index (χ0v) is 6.39. The van der Waals surface area contributed by atoms with E-state index in [1.165, 1.54) is 0 Å². The number of fused-ring (bicyclic) bond motifs is 1. The summed E-state index contributed by atoms with van der Waals surface area (Å²) in [5.74, 6) is 0.427. The average Bonchev–Trinajstić information content (AvgIpc) is 2.52. The Bertz CT molecular complexity index is 354. The van der Waals surface area contributed by atoms with Gasteiger partial charge in [0.05, 0.1) is 0 Å². The summed E-state index contributed by atoms with van der Waals surface area (Å²) in [5.41, 5.74) is 8.10. The number of allylic oxidation sites excluding steroid dienone is 1. The standard InChI is InChI=1S/C8H8N4/c9-1-6-7-4-11-2-5(7)3-12-8(6)10/h3-4,11-12H,2,10H2. The SMILES string of the molecule is N#CC1=C(N)NC=C2CNC=C21. The quantitative estimate of drug-likeness (QED) is 0.453. The van der Waals surface area contributed by atoms with Crippen molar-refractivity contribution >= 4 is 0 Å². The average molecular weight is 160 g/mol. The van der Waals surface area contributed by atoms with Crippen LogP contribution in [-0.4, -0.2) is 6.54 Å². The highest BCUT2D eigenvalue weighted by molar-refractivity contribution is 5.59. The van der Waals surface area contributed by atoms with Crippen molar-refractivity contribution in [1.29, 1.82) is 5.26 Å². The first-order chi connectivity index (χ1) is 5.83. The summed E-state index contributed by atoms with van der Waals surface area (Å²) in [5, 5.41) is 14.7. The van der Waals surface area contributed by atoms with Crippen molar-refractivity contribution in [3.63, 3.8) is 0 Å². The topological polar surface area (TPSA) is 73.9 Å². The van der Waals surface area contributed by atoms with Gasteiger partial charge in [0.1, 0.15) is 17.5 Å². The number of rotatable bonds is 0. The Morgan fingerprint density at radius 3 is 3.08 bits per heavy atom. The minimum atomic E-state index is 0.427. The molecule has 4 nitrogen and oxygen atoms in total. The lowest BCUT2D eigenvalue weighted by molar-refractivity contribution is 0.944. The summed E-state index contributed by atoms with van der Waals surface area (Å²) in [6, 6.07) is 2.07. The van der Waals surface area contributed by atoms with Crippen molar-refractivity contribution in [2.75, 3.05) is 6.54 Å². The molecule has 2 rings (SSSR count). The molecule has 12 heavy (non-hydrogen) atoms. The van der Waals surface area contributed by atoms with E-state index in [2.05, 4.69) is 16.7 Å². The Hall–Kier alpha value is -1.89. The fourth-order valence-corrected chi connectivity index (χ4v) is 1.32. The molecule has 0 amide bonds. The highest BCUT2D eigenvalue weighted by Gasteiger charge is 2.21. The van der Waals surface area contributed by atoms with Gasteiger partial charge in [-0.05, 0) is 5.57 Å². The van der Waals surface area contributed by atoms with E-state index < -0.39 is 0 Å². The molecule has 4 N–H and O–H groups in total. The van der Waals surface area contributed by atoms with E-state index in [1.54, 1.807) is 0 Å². The lowest BCUT2D eigenvalue weighted by atomic mass is 10.0. The van der Waals surface area contributed by atoms with Gasteiger partial charge in [-0.25, -0.2) is 0 Å². The van der Waals surface area contributed by atoms with Crippen molar-refractivity contribution in [2.24, 2.45) is 5.73 Å². The van der Waals surface area contributed by atoms with Gasteiger partial charge in [0.25, 0.3) is 0 Å². The predicted octanol–water partition coefficient (Wildman–Crippen LogP) is -0.346. The first-order valence-electron chi connectivity index (χ1n) is 3.62. The Morgan fingerprint density at radius 2 is 2.33 bits per heavy atom. The van der Waals surface area contributed by atoms with Crippen LogP contribution < -0.4 is 16.4 Å². The van der Waals surface area contributed by atoms with Crippen LogP contribution in [0.4, 0.5) is 0 Å². The fourth-order valence-electron chi connectivity index (χ4n) is 1.32. The van der Waals surface area contributed by atoms with Gasteiger partial charge in [0, 0.05) is 24.5 Å². The molecule has 2 heterocycles. The zero-order chi connectivity index (χ0) is 8.55. The van der Waals surface area contributed by atoms with Crippen molar-refractivity contribution < 1.29 is 0 Å². The van der Waals surface area contributed by atoms with Gasteiger partial charge in [0.15, 0.2) is 0 Å². The third kappa shape index (κ3) is 0.768. The Kier molecular flexibility index (Phi) is 1.31. The second-order valence-corrected chi connectivity index (χ2v) is 2.65. The third-order valence-corrected chi connectivity index (χ3v) is 1.94. The minimum Gasteiger partial charge on any atom is -0.386 e. The van der Waals surface area contributed by atoms with Gasteiger partial charge < -0.3 is 16.4 Å². The molecule has 0 bridgehead atoms. The molecule has 2 aliphatic rings. The summed E-state index contributed by atoms with van der Waals surface area (Å²) in [6.07, 6.45) is 3.64. The van der Waals surface area contributed by atoms with E-state index in [0.717, 1.165) is 17.7 Å². The van der Waals surface area contributed by atoms with Crippen molar-refractivity contribution in [3.8, 4) is 6.07 Å². The summed E-state index contributed by atoms with van der Waals surface area (Å²) in [6.45, 7) is 0.765.